The summed E-state index contributed by atoms with van der Waals surface area (Å²) in [7, 11) is 2.14. The molecule has 1 aliphatic rings. The van der Waals surface area contributed by atoms with Crippen LogP contribution in [0.4, 0.5) is 0 Å². The molecule has 0 amide bonds. The molecule has 1 aromatic carbocycles. The van der Waals surface area contributed by atoms with E-state index in [0.29, 0.717) is 12.6 Å². The van der Waals surface area contributed by atoms with Gasteiger partial charge in [0.25, 0.3) is 0 Å². The maximum absolute atomic E-state index is 12.4. The molecule has 1 saturated heterocycles. The molecule has 3 nitrogen and oxygen atoms in total. The Hall–Kier alpha value is -1.19. The molecule has 0 saturated carbocycles. The van der Waals surface area contributed by atoms with Crippen LogP contribution in [0.5, 0.6) is 0 Å². The van der Waals surface area contributed by atoms with Crippen molar-refractivity contribution < 1.29 is 4.79 Å². The zero-order valence-corrected chi connectivity index (χ0v) is 12.9. The smallest absolute Gasteiger partial charge is 0.176 e. The van der Waals surface area contributed by atoms with Gasteiger partial charge in [-0.15, -0.1) is 0 Å². The number of carbonyl (C=O) groups excluding carboxylic acids is 1. The monoisotopic (exact) mass is 274 g/mol. The van der Waals surface area contributed by atoms with Gasteiger partial charge in [-0.1, -0.05) is 37.6 Å². The lowest BCUT2D eigenvalue weighted by molar-refractivity contribution is 0.0747. The Balaban J connectivity index is 1.94. The molecular formula is C17H26N2O. The van der Waals surface area contributed by atoms with Crippen LogP contribution < -0.4 is 0 Å². The van der Waals surface area contributed by atoms with Crippen molar-refractivity contribution in [2.24, 2.45) is 0 Å². The quantitative estimate of drug-likeness (QED) is 0.771. The highest BCUT2D eigenvalue weighted by Crippen LogP contribution is 2.11. The minimum absolute atomic E-state index is 0.240. The van der Waals surface area contributed by atoms with E-state index in [2.05, 4.69) is 42.8 Å². The van der Waals surface area contributed by atoms with E-state index in [9.17, 15) is 4.79 Å². The zero-order valence-electron chi connectivity index (χ0n) is 12.9. The SMILES string of the molecule is CCCc1ccc(C(=O)CN2CCN(C)CC2C)cc1. The molecule has 0 spiro atoms. The van der Waals surface area contributed by atoms with Crippen LogP contribution in [-0.2, 0) is 6.42 Å². The maximum Gasteiger partial charge on any atom is 0.176 e. The standard InChI is InChI=1S/C17H26N2O/c1-4-5-15-6-8-16(9-7-15)17(20)13-19-11-10-18(3)12-14(19)2/h6-9,14H,4-5,10-13H2,1-3H3. The zero-order chi connectivity index (χ0) is 14.5. The lowest BCUT2D eigenvalue weighted by Gasteiger charge is -2.37. The molecule has 1 unspecified atom stereocenters. The molecule has 0 radical (unpaired) electrons. The Bertz CT molecular complexity index is 441. The first-order valence-electron chi connectivity index (χ1n) is 7.65. The van der Waals surface area contributed by atoms with Crippen molar-refractivity contribution >= 4 is 5.78 Å². The molecule has 110 valence electrons. The van der Waals surface area contributed by atoms with Gasteiger partial charge < -0.3 is 4.90 Å². The summed E-state index contributed by atoms with van der Waals surface area (Å²) in [6.45, 7) is 8.00. The summed E-state index contributed by atoms with van der Waals surface area (Å²) in [5, 5.41) is 0. The molecule has 1 atom stereocenters. The minimum Gasteiger partial charge on any atom is -0.304 e. The molecule has 0 N–H and O–H groups in total. The van der Waals surface area contributed by atoms with Crippen LogP contribution in [0, 0.1) is 0 Å². The van der Waals surface area contributed by atoms with Gasteiger partial charge in [-0.05, 0) is 26.0 Å². The normalized spacial score (nSPS) is 21.1. The molecular weight excluding hydrogens is 248 g/mol. The number of hydrogen-bond donors (Lipinski definition) is 0. The van der Waals surface area contributed by atoms with Crippen molar-refractivity contribution in [3.05, 3.63) is 35.4 Å². The van der Waals surface area contributed by atoms with Crippen LogP contribution in [-0.4, -0.2) is 54.9 Å². The Morgan fingerprint density at radius 2 is 1.95 bits per heavy atom. The fourth-order valence-electron chi connectivity index (χ4n) is 2.83. The van der Waals surface area contributed by atoms with E-state index in [1.54, 1.807) is 0 Å². The lowest BCUT2D eigenvalue weighted by Crippen LogP contribution is -2.51. The summed E-state index contributed by atoms with van der Waals surface area (Å²) in [4.78, 5) is 17.0. The Labute approximate surface area is 122 Å². The second-order valence-corrected chi connectivity index (χ2v) is 5.95. The van der Waals surface area contributed by atoms with Gasteiger partial charge in [0.2, 0.25) is 0 Å². The number of likely N-dealkylation sites (N-methyl/N-ethyl adjacent to an activating group) is 1. The number of Topliss-reactive ketones (excluding diaryl/α,β-unsaturated/α-hetero) is 1. The largest absolute Gasteiger partial charge is 0.304 e. The highest BCUT2D eigenvalue weighted by Gasteiger charge is 2.23. The predicted octanol–water partition coefficient (Wildman–Crippen LogP) is 2.46. The molecule has 1 aromatic rings. The van der Waals surface area contributed by atoms with Gasteiger partial charge in [-0.25, -0.2) is 0 Å². The number of rotatable bonds is 5. The molecule has 20 heavy (non-hydrogen) atoms. The lowest BCUT2D eigenvalue weighted by atomic mass is 10.0. The summed E-state index contributed by atoms with van der Waals surface area (Å²) in [5.41, 5.74) is 2.16. The summed E-state index contributed by atoms with van der Waals surface area (Å²) in [6.07, 6.45) is 2.23. The van der Waals surface area contributed by atoms with Gasteiger partial charge in [0.15, 0.2) is 5.78 Å². The molecule has 1 heterocycles. The number of nitrogens with zero attached hydrogens (tertiary/aromatic N) is 2. The molecule has 1 fully saturated rings. The number of hydrogen-bond acceptors (Lipinski definition) is 3. The van der Waals surface area contributed by atoms with Gasteiger partial charge in [-0.3, -0.25) is 9.69 Å². The first-order valence-corrected chi connectivity index (χ1v) is 7.65. The highest BCUT2D eigenvalue weighted by atomic mass is 16.1. The second-order valence-electron chi connectivity index (χ2n) is 5.95. The molecule has 1 aliphatic heterocycles. The first-order chi connectivity index (χ1) is 9.60. The summed E-state index contributed by atoms with van der Waals surface area (Å²) in [5.74, 6) is 0.240. The van der Waals surface area contributed by atoms with Crippen molar-refractivity contribution in [3.8, 4) is 0 Å². The van der Waals surface area contributed by atoms with Crippen LogP contribution >= 0.6 is 0 Å². The third-order valence-electron chi connectivity index (χ3n) is 4.13. The molecule has 0 aromatic heterocycles. The Morgan fingerprint density at radius 3 is 2.55 bits per heavy atom. The van der Waals surface area contributed by atoms with Crippen molar-refractivity contribution in [2.75, 3.05) is 33.2 Å². The van der Waals surface area contributed by atoms with Gasteiger partial charge in [-0.2, -0.15) is 0 Å². The first kappa shape index (κ1) is 15.2. The number of carbonyl (C=O) groups is 1. The fourth-order valence-corrected chi connectivity index (χ4v) is 2.83. The molecule has 3 heteroatoms. The predicted molar refractivity (Wildman–Crippen MR) is 83.3 cm³/mol. The highest BCUT2D eigenvalue weighted by molar-refractivity contribution is 5.97. The molecule has 0 aliphatic carbocycles. The third-order valence-corrected chi connectivity index (χ3v) is 4.13. The van der Waals surface area contributed by atoms with Gasteiger partial charge in [0.05, 0.1) is 6.54 Å². The number of ketones is 1. The molecule has 2 rings (SSSR count). The van der Waals surface area contributed by atoms with E-state index in [-0.39, 0.29) is 5.78 Å². The van der Waals surface area contributed by atoms with Crippen LogP contribution in [0.3, 0.4) is 0 Å². The van der Waals surface area contributed by atoms with Gasteiger partial charge in [0, 0.05) is 31.2 Å². The van der Waals surface area contributed by atoms with Crippen LogP contribution in [0.25, 0.3) is 0 Å². The minimum atomic E-state index is 0.240. The fraction of sp³-hybridized carbons (Fsp3) is 0.588. The average Bonchev–Trinajstić information content (AvgIpc) is 2.43. The maximum atomic E-state index is 12.4. The summed E-state index contributed by atoms with van der Waals surface area (Å²) < 4.78 is 0. The second kappa shape index (κ2) is 7.00. The third kappa shape index (κ3) is 3.90. The summed E-state index contributed by atoms with van der Waals surface area (Å²) in [6, 6.07) is 8.59. The van der Waals surface area contributed by atoms with Crippen LogP contribution in [0.2, 0.25) is 0 Å². The Morgan fingerprint density at radius 1 is 1.25 bits per heavy atom. The Kier molecular flexibility index (Phi) is 5.32. The van der Waals surface area contributed by atoms with Crippen LogP contribution in [0.1, 0.15) is 36.2 Å². The van der Waals surface area contributed by atoms with Crippen molar-refractivity contribution in [1.29, 1.82) is 0 Å². The van der Waals surface area contributed by atoms with Crippen LogP contribution in [0.15, 0.2) is 24.3 Å². The van der Waals surface area contributed by atoms with E-state index >= 15 is 0 Å². The number of aryl methyl sites for hydroxylation is 1. The van der Waals surface area contributed by atoms with Gasteiger partial charge >= 0.3 is 0 Å². The van der Waals surface area contributed by atoms with Gasteiger partial charge in [0.1, 0.15) is 0 Å². The number of benzene rings is 1. The number of piperazine rings is 1. The van der Waals surface area contributed by atoms with E-state index in [1.807, 2.05) is 12.1 Å². The summed E-state index contributed by atoms with van der Waals surface area (Å²) >= 11 is 0. The van der Waals surface area contributed by atoms with E-state index < -0.39 is 0 Å². The van der Waals surface area contributed by atoms with E-state index in [0.717, 1.165) is 38.0 Å². The van der Waals surface area contributed by atoms with E-state index in [1.165, 1.54) is 5.56 Å². The van der Waals surface area contributed by atoms with Crippen molar-refractivity contribution in [2.45, 2.75) is 32.7 Å². The average molecular weight is 274 g/mol. The van der Waals surface area contributed by atoms with Crippen molar-refractivity contribution in [1.82, 2.24) is 9.80 Å². The van der Waals surface area contributed by atoms with E-state index in [4.69, 9.17) is 0 Å². The molecule has 0 bridgehead atoms. The van der Waals surface area contributed by atoms with Crippen molar-refractivity contribution in [3.63, 3.8) is 0 Å². The topological polar surface area (TPSA) is 23.6 Å².